The van der Waals surface area contributed by atoms with Gasteiger partial charge in [0.2, 0.25) is 0 Å². The first-order chi connectivity index (χ1) is 8.49. The standard InChI is InChI=1S/C9H11N5O2S2/c1-13-7(11-4-8(13)14(15)16)2-5(17)9-12-3-6(10)18-9/h3-5,17H,2,10H2,1H3. The fourth-order valence-electron chi connectivity index (χ4n) is 1.51. The van der Waals surface area contributed by atoms with Crippen molar-refractivity contribution in [2.24, 2.45) is 7.05 Å². The first-order valence-electron chi connectivity index (χ1n) is 5.03. The second-order valence-electron chi connectivity index (χ2n) is 3.67. The quantitative estimate of drug-likeness (QED) is 0.504. The molecule has 2 aromatic heterocycles. The molecule has 0 aromatic carbocycles. The third kappa shape index (κ3) is 2.46. The van der Waals surface area contributed by atoms with Crippen LogP contribution in [0.15, 0.2) is 12.4 Å². The highest BCUT2D eigenvalue weighted by atomic mass is 32.1. The smallest absolute Gasteiger partial charge is 0.342 e. The number of thiol groups is 1. The summed E-state index contributed by atoms with van der Waals surface area (Å²) >= 11 is 5.78. The molecule has 0 aliphatic carbocycles. The summed E-state index contributed by atoms with van der Waals surface area (Å²) in [5, 5.41) is 11.9. The number of nitrogen functional groups attached to an aromatic ring is 1. The number of hydrogen-bond acceptors (Lipinski definition) is 7. The summed E-state index contributed by atoms with van der Waals surface area (Å²) in [5.41, 5.74) is 5.60. The highest BCUT2D eigenvalue weighted by molar-refractivity contribution is 7.80. The van der Waals surface area contributed by atoms with Gasteiger partial charge < -0.3 is 15.8 Å². The third-order valence-corrected chi connectivity index (χ3v) is 3.99. The van der Waals surface area contributed by atoms with Crippen molar-refractivity contribution in [1.29, 1.82) is 0 Å². The first kappa shape index (κ1) is 12.8. The lowest BCUT2D eigenvalue weighted by Gasteiger charge is -2.04. The molecule has 0 aliphatic heterocycles. The zero-order chi connectivity index (χ0) is 13.3. The molecule has 2 heterocycles. The fraction of sp³-hybridized carbons (Fsp3) is 0.333. The lowest BCUT2D eigenvalue weighted by atomic mass is 10.3. The molecule has 2 N–H and O–H groups in total. The van der Waals surface area contributed by atoms with Gasteiger partial charge >= 0.3 is 5.82 Å². The van der Waals surface area contributed by atoms with Gasteiger partial charge in [0, 0.05) is 6.42 Å². The molecular weight excluding hydrogens is 274 g/mol. The zero-order valence-corrected chi connectivity index (χ0v) is 11.2. The van der Waals surface area contributed by atoms with E-state index in [0.29, 0.717) is 17.2 Å². The van der Waals surface area contributed by atoms with E-state index in [2.05, 4.69) is 22.6 Å². The molecule has 0 amide bonds. The summed E-state index contributed by atoms with van der Waals surface area (Å²) in [7, 11) is 1.61. The molecule has 1 atom stereocenters. The number of nitrogens with zero attached hydrogens (tertiary/aromatic N) is 4. The zero-order valence-electron chi connectivity index (χ0n) is 9.48. The van der Waals surface area contributed by atoms with E-state index in [4.69, 9.17) is 5.73 Å². The van der Waals surface area contributed by atoms with Crippen LogP contribution in [0.3, 0.4) is 0 Å². The number of rotatable bonds is 4. The molecule has 2 aromatic rings. The Kier molecular flexibility index (Phi) is 3.53. The number of aromatic nitrogens is 3. The van der Waals surface area contributed by atoms with Crippen LogP contribution in [0.1, 0.15) is 16.1 Å². The average Bonchev–Trinajstić information content (AvgIpc) is 2.86. The average molecular weight is 285 g/mol. The van der Waals surface area contributed by atoms with Crippen LogP contribution in [-0.4, -0.2) is 19.5 Å². The summed E-state index contributed by atoms with van der Waals surface area (Å²) in [6.07, 6.45) is 3.27. The van der Waals surface area contributed by atoms with E-state index in [-0.39, 0.29) is 11.1 Å². The van der Waals surface area contributed by atoms with Crippen molar-refractivity contribution in [3.8, 4) is 0 Å². The molecule has 7 nitrogen and oxygen atoms in total. The molecule has 96 valence electrons. The van der Waals surface area contributed by atoms with Gasteiger partial charge in [-0.25, -0.2) is 14.5 Å². The van der Waals surface area contributed by atoms with Gasteiger partial charge in [-0.15, -0.1) is 11.3 Å². The normalized spacial score (nSPS) is 12.6. The number of nitro groups is 1. The van der Waals surface area contributed by atoms with Crippen molar-refractivity contribution in [2.45, 2.75) is 11.7 Å². The van der Waals surface area contributed by atoms with Crippen molar-refractivity contribution >= 4 is 34.8 Å². The Bertz CT molecular complexity index is 579. The molecule has 0 radical (unpaired) electrons. The minimum Gasteiger partial charge on any atom is -0.389 e. The van der Waals surface area contributed by atoms with E-state index < -0.39 is 4.92 Å². The van der Waals surface area contributed by atoms with Gasteiger partial charge in [0.1, 0.15) is 16.2 Å². The minimum absolute atomic E-state index is 0.0378. The number of nitrogens with two attached hydrogens (primary N) is 1. The molecule has 0 saturated carbocycles. The van der Waals surface area contributed by atoms with Crippen LogP contribution < -0.4 is 5.73 Å². The Balaban J connectivity index is 2.17. The van der Waals surface area contributed by atoms with E-state index in [0.717, 1.165) is 5.01 Å². The Labute approximate surface area is 112 Å². The van der Waals surface area contributed by atoms with E-state index in [1.165, 1.54) is 22.1 Å². The molecular formula is C9H11N5O2S2. The van der Waals surface area contributed by atoms with Crippen LogP contribution in [-0.2, 0) is 13.5 Å². The fourth-order valence-corrected chi connectivity index (χ4v) is 2.57. The molecule has 0 fully saturated rings. The third-order valence-electron chi connectivity index (χ3n) is 2.45. The Morgan fingerprint density at radius 2 is 2.33 bits per heavy atom. The van der Waals surface area contributed by atoms with Crippen molar-refractivity contribution in [3.05, 3.63) is 33.3 Å². The van der Waals surface area contributed by atoms with Crippen LogP contribution in [0.2, 0.25) is 0 Å². The van der Waals surface area contributed by atoms with Crippen molar-refractivity contribution < 1.29 is 4.92 Å². The summed E-state index contributed by atoms with van der Waals surface area (Å²) in [6.45, 7) is 0. The number of hydrogen-bond donors (Lipinski definition) is 2. The minimum atomic E-state index is -0.467. The van der Waals surface area contributed by atoms with E-state index in [1.807, 2.05) is 0 Å². The van der Waals surface area contributed by atoms with Crippen molar-refractivity contribution in [2.75, 3.05) is 5.73 Å². The maximum absolute atomic E-state index is 10.7. The second-order valence-corrected chi connectivity index (χ2v) is 5.39. The van der Waals surface area contributed by atoms with E-state index >= 15 is 0 Å². The van der Waals surface area contributed by atoms with Gasteiger partial charge in [0.05, 0.1) is 18.5 Å². The van der Waals surface area contributed by atoms with Gasteiger partial charge in [-0.2, -0.15) is 12.6 Å². The molecule has 9 heteroatoms. The molecule has 0 aliphatic rings. The SMILES string of the molecule is Cn1c([N+](=O)[O-])cnc1CC(S)c1ncc(N)s1. The van der Waals surface area contributed by atoms with Gasteiger partial charge in [-0.1, -0.05) is 0 Å². The van der Waals surface area contributed by atoms with Gasteiger partial charge in [0.15, 0.2) is 5.82 Å². The number of thiazole rings is 1. The highest BCUT2D eigenvalue weighted by Crippen LogP contribution is 2.29. The lowest BCUT2D eigenvalue weighted by Crippen LogP contribution is -2.05. The number of imidazole rings is 1. The maximum Gasteiger partial charge on any atom is 0.342 e. The highest BCUT2D eigenvalue weighted by Gasteiger charge is 2.21. The van der Waals surface area contributed by atoms with E-state index in [9.17, 15) is 10.1 Å². The summed E-state index contributed by atoms with van der Waals surface area (Å²) in [6, 6.07) is 0. The Morgan fingerprint density at radius 1 is 1.61 bits per heavy atom. The van der Waals surface area contributed by atoms with Crippen LogP contribution >= 0.6 is 24.0 Å². The maximum atomic E-state index is 10.7. The molecule has 0 saturated heterocycles. The topological polar surface area (TPSA) is 99.9 Å². The molecule has 0 spiro atoms. The van der Waals surface area contributed by atoms with Gasteiger partial charge in [0.25, 0.3) is 0 Å². The lowest BCUT2D eigenvalue weighted by molar-refractivity contribution is -0.391. The summed E-state index contributed by atoms with van der Waals surface area (Å²) in [4.78, 5) is 18.4. The Hall–Kier alpha value is -1.61. The number of anilines is 1. The van der Waals surface area contributed by atoms with Crippen LogP contribution in [0.25, 0.3) is 0 Å². The van der Waals surface area contributed by atoms with Crippen molar-refractivity contribution in [1.82, 2.24) is 14.5 Å². The van der Waals surface area contributed by atoms with Crippen molar-refractivity contribution in [3.63, 3.8) is 0 Å². The monoisotopic (exact) mass is 285 g/mol. The van der Waals surface area contributed by atoms with E-state index in [1.54, 1.807) is 13.2 Å². The molecule has 18 heavy (non-hydrogen) atoms. The van der Waals surface area contributed by atoms with Gasteiger partial charge in [-0.3, -0.25) is 0 Å². The molecule has 0 bridgehead atoms. The predicted octanol–water partition coefficient (Wildman–Crippen LogP) is 1.58. The van der Waals surface area contributed by atoms with Crippen LogP contribution in [0, 0.1) is 10.1 Å². The molecule has 2 rings (SSSR count). The largest absolute Gasteiger partial charge is 0.389 e. The molecule has 1 unspecified atom stereocenters. The van der Waals surface area contributed by atoms with Crippen LogP contribution in [0.5, 0.6) is 0 Å². The summed E-state index contributed by atoms with van der Waals surface area (Å²) in [5.74, 6) is 0.555. The first-order valence-corrected chi connectivity index (χ1v) is 6.36. The van der Waals surface area contributed by atoms with Gasteiger partial charge in [-0.05, 0) is 4.92 Å². The van der Waals surface area contributed by atoms with Crippen LogP contribution in [0.4, 0.5) is 10.8 Å². The summed E-state index contributed by atoms with van der Waals surface area (Å²) < 4.78 is 1.44. The Morgan fingerprint density at radius 3 is 2.83 bits per heavy atom. The predicted molar refractivity (Wildman–Crippen MR) is 71.8 cm³/mol. The second kappa shape index (κ2) is 4.94.